The monoisotopic (exact) mass is 632 g/mol. The molecule has 2 aromatic rings. The zero-order valence-electron chi connectivity index (χ0n) is 25.3. The highest BCUT2D eigenvalue weighted by molar-refractivity contribution is 5.98. The van der Waals surface area contributed by atoms with Gasteiger partial charge in [-0.1, -0.05) is 55.6 Å². The van der Waals surface area contributed by atoms with E-state index in [0.29, 0.717) is 48.5 Å². The van der Waals surface area contributed by atoms with Gasteiger partial charge in [0, 0.05) is 25.2 Å². The predicted octanol–water partition coefficient (Wildman–Crippen LogP) is 6.18. The lowest BCUT2D eigenvalue weighted by Crippen LogP contribution is -2.59. The normalized spacial score (nSPS) is 16.8. The summed E-state index contributed by atoms with van der Waals surface area (Å²) in [6, 6.07) is 10.3. The average molecular weight is 633 g/mol. The van der Waals surface area contributed by atoms with E-state index in [0.717, 1.165) is 55.2 Å². The summed E-state index contributed by atoms with van der Waals surface area (Å²) in [4.78, 5) is 36.3. The molecule has 0 amide bonds. The van der Waals surface area contributed by atoms with Crippen molar-refractivity contribution in [2.75, 3.05) is 13.1 Å². The Balaban J connectivity index is 0.000000610. The molecule has 1 saturated carbocycles. The Labute approximate surface area is 259 Å². The fraction of sp³-hybridized carbons (Fsp3) is 0.455. The van der Waals surface area contributed by atoms with E-state index in [1.54, 1.807) is 19.1 Å². The summed E-state index contributed by atoms with van der Waals surface area (Å²) in [5.41, 5.74) is 2.99. The van der Waals surface area contributed by atoms with Crippen molar-refractivity contribution >= 4 is 23.6 Å². The minimum absolute atomic E-state index is 0.0396. The van der Waals surface area contributed by atoms with Gasteiger partial charge in [-0.3, -0.25) is 4.79 Å². The topological polar surface area (TPSA) is 146 Å². The van der Waals surface area contributed by atoms with E-state index in [-0.39, 0.29) is 12.5 Å². The predicted molar refractivity (Wildman–Crippen MR) is 161 cm³/mol. The number of halogens is 3. The highest BCUT2D eigenvalue weighted by Crippen LogP contribution is 2.41. The molecule has 2 aromatic carbocycles. The van der Waals surface area contributed by atoms with Crippen LogP contribution in [0.1, 0.15) is 85.3 Å². The first-order chi connectivity index (χ1) is 21.3. The van der Waals surface area contributed by atoms with Gasteiger partial charge in [0.15, 0.2) is 0 Å². The molecule has 244 valence electrons. The van der Waals surface area contributed by atoms with E-state index in [1.165, 1.54) is 6.07 Å². The van der Waals surface area contributed by atoms with E-state index < -0.39 is 35.1 Å². The number of carbonyl (C=O) groups is 3. The van der Waals surface area contributed by atoms with Crippen molar-refractivity contribution in [2.24, 2.45) is 10.6 Å². The van der Waals surface area contributed by atoms with Gasteiger partial charge in [-0.15, -0.1) is 0 Å². The Bertz CT molecular complexity index is 1410. The van der Waals surface area contributed by atoms with Crippen molar-refractivity contribution in [3.8, 4) is 0 Å². The molecule has 1 saturated heterocycles. The lowest BCUT2D eigenvalue weighted by atomic mass is 9.75. The van der Waals surface area contributed by atoms with Crippen LogP contribution in [0.5, 0.6) is 0 Å². The molecular formula is C33H39F3N2O7. The Morgan fingerprint density at radius 2 is 1.62 bits per heavy atom. The van der Waals surface area contributed by atoms with Gasteiger partial charge in [-0.05, 0) is 78.5 Å². The van der Waals surface area contributed by atoms with Gasteiger partial charge < -0.3 is 25.5 Å². The molecule has 0 aromatic heterocycles. The van der Waals surface area contributed by atoms with E-state index in [9.17, 15) is 32.7 Å². The SMILES string of the molecule is CCc1cc(/C(C)=N/OCc2ccc(C3CCCCC3)c(C(F)(F)F)c2)ccc1CC1(C(=O)O)CNC1.O=C(O)/C=C/C(=O)O. The maximum Gasteiger partial charge on any atom is 0.416 e. The van der Waals surface area contributed by atoms with Crippen LogP contribution in [0.3, 0.4) is 0 Å². The van der Waals surface area contributed by atoms with E-state index in [4.69, 9.17) is 15.1 Å². The van der Waals surface area contributed by atoms with Crippen molar-refractivity contribution in [1.82, 2.24) is 5.32 Å². The molecule has 0 radical (unpaired) electrons. The second-order valence-corrected chi connectivity index (χ2v) is 11.4. The van der Waals surface area contributed by atoms with Crippen molar-refractivity contribution in [3.63, 3.8) is 0 Å². The zero-order chi connectivity index (χ0) is 33.2. The molecule has 9 nitrogen and oxygen atoms in total. The second-order valence-electron chi connectivity index (χ2n) is 11.4. The number of carboxylic acids is 3. The number of oxime groups is 1. The molecule has 2 aliphatic rings. The molecule has 1 heterocycles. The van der Waals surface area contributed by atoms with E-state index >= 15 is 0 Å². The molecule has 1 aliphatic heterocycles. The first-order valence-corrected chi connectivity index (χ1v) is 14.8. The van der Waals surface area contributed by atoms with Gasteiger partial charge in [-0.2, -0.15) is 13.2 Å². The number of hydrogen-bond donors (Lipinski definition) is 4. The molecule has 0 bridgehead atoms. The second kappa shape index (κ2) is 15.7. The molecule has 0 atom stereocenters. The highest BCUT2D eigenvalue weighted by atomic mass is 19.4. The van der Waals surface area contributed by atoms with Gasteiger partial charge in [0.05, 0.1) is 16.7 Å². The number of nitrogens with one attached hydrogen (secondary N) is 1. The number of benzene rings is 2. The van der Waals surface area contributed by atoms with Crippen molar-refractivity contribution < 1.29 is 47.7 Å². The fourth-order valence-electron chi connectivity index (χ4n) is 5.60. The van der Waals surface area contributed by atoms with Crippen LogP contribution in [-0.2, 0) is 44.8 Å². The van der Waals surface area contributed by atoms with Gasteiger partial charge in [-0.25, -0.2) is 9.59 Å². The number of hydrogen-bond acceptors (Lipinski definition) is 6. The van der Waals surface area contributed by atoms with Gasteiger partial charge >= 0.3 is 24.1 Å². The van der Waals surface area contributed by atoms with Crippen LogP contribution in [0, 0.1) is 5.41 Å². The first kappa shape index (κ1) is 35.3. The lowest BCUT2D eigenvalue weighted by Gasteiger charge is -2.39. The number of aliphatic carboxylic acids is 3. The minimum Gasteiger partial charge on any atom is -0.481 e. The van der Waals surface area contributed by atoms with Crippen LogP contribution >= 0.6 is 0 Å². The zero-order valence-corrected chi connectivity index (χ0v) is 25.3. The third-order valence-corrected chi connectivity index (χ3v) is 8.18. The molecule has 4 N–H and O–H groups in total. The smallest absolute Gasteiger partial charge is 0.416 e. The first-order valence-electron chi connectivity index (χ1n) is 14.8. The number of nitrogens with zero attached hydrogens (tertiary/aromatic N) is 1. The number of alkyl halides is 3. The van der Waals surface area contributed by atoms with Crippen LogP contribution < -0.4 is 5.32 Å². The Hall–Kier alpha value is -4.19. The van der Waals surface area contributed by atoms with E-state index in [2.05, 4.69) is 10.5 Å². The lowest BCUT2D eigenvalue weighted by molar-refractivity contribution is -0.152. The maximum absolute atomic E-state index is 13.8. The van der Waals surface area contributed by atoms with Crippen LogP contribution in [0.2, 0.25) is 0 Å². The van der Waals surface area contributed by atoms with Crippen molar-refractivity contribution in [2.45, 2.75) is 77.5 Å². The highest BCUT2D eigenvalue weighted by Gasteiger charge is 2.44. The Morgan fingerprint density at radius 1 is 0.978 bits per heavy atom. The fourth-order valence-corrected chi connectivity index (χ4v) is 5.60. The van der Waals surface area contributed by atoms with Crippen LogP contribution in [0.15, 0.2) is 53.7 Å². The Kier molecular flexibility index (Phi) is 12.3. The molecular weight excluding hydrogens is 593 g/mol. The minimum atomic E-state index is -4.41. The van der Waals surface area contributed by atoms with E-state index in [1.807, 2.05) is 25.1 Å². The summed E-state index contributed by atoms with van der Waals surface area (Å²) in [6.07, 6.45) is 2.55. The maximum atomic E-state index is 13.8. The Morgan fingerprint density at radius 3 is 2.13 bits per heavy atom. The number of aryl methyl sites for hydroxylation is 1. The third kappa shape index (κ3) is 9.90. The van der Waals surface area contributed by atoms with Crippen molar-refractivity contribution in [3.05, 3.63) is 81.9 Å². The summed E-state index contributed by atoms with van der Waals surface area (Å²) >= 11 is 0. The molecule has 1 aliphatic carbocycles. The third-order valence-electron chi connectivity index (χ3n) is 8.18. The molecule has 2 fully saturated rings. The van der Waals surface area contributed by atoms with Crippen LogP contribution in [-0.4, -0.2) is 52.0 Å². The molecule has 12 heteroatoms. The summed E-state index contributed by atoms with van der Waals surface area (Å²) < 4.78 is 41.5. The molecule has 4 rings (SSSR count). The molecule has 0 unspecified atom stereocenters. The standard InChI is InChI=1S/C29H35F3N2O3.C4H4O4/c1-3-21-14-23(10-11-24(21)15-28(27(35)36)17-33-18-28)19(2)34-37-16-20-9-12-25(22-7-5-4-6-8-22)26(13-20)29(30,31)32;5-3(6)1-2-4(7)8/h9-14,22,33H,3-8,15-18H2,1-2H3,(H,35,36);1-2H,(H,5,6)(H,7,8)/b34-19+;2-1+. The largest absolute Gasteiger partial charge is 0.481 e. The summed E-state index contributed by atoms with van der Waals surface area (Å²) in [6.45, 7) is 4.67. The van der Waals surface area contributed by atoms with Crippen LogP contribution in [0.4, 0.5) is 13.2 Å². The molecule has 0 spiro atoms. The van der Waals surface area contributed by atoms with Gasteiger partial charge in [0.1, 0.15) is 6.61 Å². The average Bonchev–Trinajstić information content (AvgIpc) is 2.98. The summed E-state index contributed by atoms with van der Waals surface area (Å²) in [5, 5.41) is 32.5. The summed E-state index contributed by atoms with van der Waals surface area (Å²) in [7, 11) is 0. The molecule has 45 heavy (non-hydrogen) atoms. The van der Waals surface area contributed by atoms with Crippen molar-refractivity contribution in [1.29, 1.82) is 0 Å². The quantitative estimate of drug-likeness (QED) is 0.130. The number of rotatable bonds is 11. The van der Waals surface area contributed by atoms with Gasteiger partial charge in [0.2, 0.25) is 0 Å². The summed E-state index contributed by atoms with van der Waals surface area (Å²) in [5.74, 6) is -3.34. The van der Waals surface area contributed by atoms with Crippen LogP contribution in [0.25, 0.3) is 0 Å². The number of carboxylic acid groups (broad SMARTS) is 3. The van der Waals surface area contributed by atoms with Gasteiger partial charge in [0.25, 0.3) is 0 Å².